The van der Waals surface area contributed by atoms with Crippen LogP contribution in [-0.4, -0.2) is 18.1 Å². The molecule has 84 valence electrons. The largest absolute Gasteiger partial charge is 0.495 e. The lowest BCUT2D eigenvalue weighted by Gasteiger charge is -2.15. The van der Waals surface area contributed by atoms with Crippen LogP contribution >= 0.6 is 0 Å². The van der Waals surface area contributed by atoms with Crippen molar-refractivity contribution in [1.82, 2.24) is 4.98 Å². The molecule has 15 heavy (non-hydrogen) atoms. The zero-order valence-corrected chi connectivity index (χ0v) is 9.73. The average Bonchev–Trinajstić information content (AvgIpc) is 2.26. The molecule has 0 aliphatic heterocycles. The van der Waals surface area contributed by atoms with Crippen LogP contribution < -0.4 is 10.5 Å². The number of methoxy groups -OCH3 is 1. The predicted molar refractivity (Wildman–Crippen MR) is 61.9 cm³/mol. The average molecular weight is 208 g/mol. The van der Waals surface area contributed by atoms with Gasteiger partial charge in [0, 0.05) is 12.2 Å². The fourth-order valence-corrected chi connectivity index (χ4v) is 1.38. The van der Waals surface area contributed by atoms with E-state index in [1.54, 1.807) is 13.3 Å². The smallest absolute Gasteiger partial charge is 0.137 e. The molecule has 2 N–H and O–H groups in total. The molecule has 0 saturated heterocycles. The number of hydrogen-bond donors (Lipinski definition) is 1. The Morgan fingerprint density at radius 3 is 2.73 bits per heavy atom. The Bertz CT molecular complexity index is 299. The maximum Gasteiger partial charge on any atom is 0.137 e. The van der Waals surface area contributed by atoms with Gasteiger partial charge in [-0.05, 0) is 30.4 Å². The number of pyridine rings is 1. The summed E-state index contributed by atoms with van der Waals surface area (Å²) in [6.45, 7) is 4.29. The monoisotopic (exact) mass is 208 g/mol. The van der Waals surface area contributed by atoms with E-state index in [4.69, 9.17) is 10.5 Å². The minimum atomic E-state index is 0.260. The second kappa shape index (κ2) is 5.71. The number of hydrogen-bond acceptors (Lipinski definition) is 3. The molecule has 1 rings (SSSR count). The molecule has 0 aliphatic rings. The van der Waals surface area contributed by atoms with E-state index in [1.165, 1.54) is 5.56 Å². The summed E-state index contributed by atoms with van der Waals surface area (Å²) >= 11 is 0. The van der Waals surface area contributed by atoms with Gasteiger partial charge >= 0.3 is 0 Å². The number of rotatable bonds is 5. The SMILES string of the molecule is COc1cncc(CCC(N)C(C)C)c1. The molecule has 0 aromatic carbocycles. The van der Waals surface area contributed by atoms with Crippen LogP contribution in [0.2, 0.25) is 0 Å². The van der Waals surface area contributed by atoms with Gasteiger partial charge in [0.05, 0.1) is 13.3 Å². The van der Waals surface area contributed by atoms with Crippen LogP contribution in [-0.2, 0) is 6.42 Å². The third kappa shape index (κ3) is 3.88. The van der Waals surface area contributed by atoms with E-state index in [-0.39, 0.29) is 6.04 Å². The summed E-state index contributed by atoms with van der Waals surface area (Å²) in [5.41, 5.74) is 7.17. The molecule has 0 radical (unpaired) electrons. The summed E-state index contributed by atoms with van der Waals surface area (Å²) in [5, 5.41) is 0. The van der Waals surface area contributed by atoms with Gasteiger partial charge < -0.3 is 10.5 Å². The van der Waals surface area contributed by atoms with Crippen molar-refractivity contribution in [1.29, 1.82) is 0 Å². The summed E-state index contributed by atoms with van der Waals surface area (Å²) in [6.07, 6.45) is 5.54. The first kappa shape index (κ1) is 12.0. The Morgan fingerprint density at radius 2 is 2.13 bits per heavy atom. The number of ether oxygens (including phenoxy) is 1. The highest BCUT2D eigenvalue weighted by atomic mass is 16.5. The summed E-state index contributed by atoms with van der Waals surface area (Å²) in [4.78, 5) is 4.11. The van der Waals surface area contributed by atoms with Gasteiger partial charge in [0.1, 0.15) is 5.75 Å². The van der Waals surface area contributed by atoms with Gasteiger partial charge in [0.15, 0.2) is 0 Å². The van der Waals surface area contributed by atoms with Crippen LogP contribution in [0.25, 0.3) is 0 Å². The van der Waals surface area contributed by atoms with Gasteiger partial charge in [-0.15, -0.1) is 0 Å². The minimum Gasteiger partial charge on any atom is -0.495 e. The lowest BCUT2D eigenvalue weighted by molar-refractivity contribution is 0.411. The molecule has 1 atom stereocenters. The van der Waals surface area contributed by atoms with E-state index in [0.29, 0.717) is 5.92 Å². The van der Waals surface area contributed by atoms with Gasteiger partial charge in [0.2, 0.25) is 0 Å². The Morgan fingerprint density at radius 1 is 1.40 bits per heavy atom. The highest BCUT2D eigenvalue weighted by Crippen LogP contribution is 2.13. The van der Waals surface area contributed by atoms with Crippen LogP contribution in [0.4, 0.5) is 0 Å². The van der Waals surface area contributed by atoms with E-state index in [0.717, 1.165) is 18.6 Å². The highest BCUT2D eigenvalue weighted by molar-refractivity contribution is 5.23. The van der Waals surface area contributed by atoms with Gasteiger partial charge in [-0.1, -0.05) is 13.8 Å². The molecular weight excluding hydrogens is 188 g/mol. The summed E-state index contributed by atoms with van der Waals surface area (Å²) in [7, 11) is 1.65. The minimum absolute atomic E-state index is 0.260. The molecule has 0 saturated carbocycles. The van der Waals surface area contributed by atoms with Gasteiger partial charge in [0.25, 0.3) is 0 Å². The number of aromatic nitrogens is 1. The van der Waals surface area contributed by atoms with E-state index >= 15 is 0 Å². The van der Waals surface area contributed by atoms with Crippen molar-refractivity contribution in [2.75, 3.05) is 7.11 Å². The molecule has 1 aromatic rings. The van der Waals surface area contributed by atoms with Crippen molar-refractivity contribution in [3.05, 3.63) is 24.0 Å². The topological polar surface area (TPSA) is 48.1 Å². The van der Waals surface area contributed by atoms with Gasteiger partial charge in [-0.25, -0.2) is 0 Å². The van der Waals surface area contributed by atoms with Crippen molar-refractivity contribution in [2.24, 2.45) is 11.7 Å². The zero-order valence-electron chi connectivity index (χ0n) is 9.73. The lowest BCUT2D eigenvalue weighted by atomic mass is 9.98. The molecular formula is C12H20N2O. The van der Waals surface area contributed by atoms with Crippen molar-refractivity contribution in [2.45, 2.75) is 32.7 Å². The van der Waals surface area contributed by atoms with Crippen molar-refractivity contribution >= 4 is 0 Å². The lowest BCUT2D eigenvalue weighted by Crippen LogP contribution is -2.26. The zero-order chi connectivity index (χ0) is 11.3. The van der Waals surface area contributed by atoms with E-state index in [1.807, 2.05) is 12.3 Å². The van der Waals surface area contributed by atoms with Gasteiger partial charge in [-0.2, -0.15) is 0 Å². The first-order valence-corrected chi connectivity index (χ1v) is 5.37. The van der Waals surface area contributed by atoms with Crippen molar-refractivity contribution < 1.29 is 4.74 Å². The molecule has 3 heteroatoms. The molecule has 3 nitrogen and oxygen atoms in total. The molecule has 1 heterocycles. The predicted octanol–water partition coefficient (Wildman–Crippen LogP) is 2.01. The Balaban J connectivity index is 2.50. The number of nitrogens with zero attached hydrogens (tertiary/aromatic N) is 1. The summed E-state index contributed by atoms with van der Waals surface area (Å²) in [6, 6.07) is 2.27. The molecule has 0 spiro atoms. The summed E-state index contributed by atoms with van der Waals surface area (Å²) in [5.74, 6) is 1.34. The van der Waals surface area contributed by atoms with E-state index < -0.39 is 0 Å². The normalized spacial score (nSPS) is 12.9. The van der Waals surface area contributed by atoms with Gasteiger partial charge in [-0.3, -0.25) is 4.98 Å². The molecule has 1 aromatic heterocycles. The Hall–Kier alpha value is -1.09. The molecule has 0 bridgehead atoms. The van der Waals surface area contributed by atoms with Crippen LogP contribution in [0.3, 0.4) is 0 Å². The van der Waals surface area contributed by atoms with Crippen molar-refractivity contribution in [3.63, 3.8) is 0 Å². The van der Waals surface area contributed by atoms with Crippen LogP contribution in [0.5, 0.6) is 5.75 Å². The third-order valence-electron chi connectivity index (χ3n) is 2.63. The quantitative estimate of drug-likeness (QED) is 0.805. The number of nitrogens with two attached hydrogens (primary N) is 1. The van der Waals surface area contributed by atoms with E-state index in [2.05, 4.69) is 18.8 Å². The Labute approximate surface area is 91.7 Å². The highest BCUT2D eigenvalue weighted by Gasteiger charge is 2.07. The Kier molecular flexibility index (Phi) is 4.56. The molecule has 0 aliphatic carbocycles. The first-order valence-electron chi connectivity index (χ1n) is 5.37. The molecule has 0 fully saturated rings. The fraction of sp³-hybridized carbons (Fsp3) is 0.583. The van der Waals surface area contributed by atoms with Crippen LogP contribution in [0, 0.1) is 5.92 Å². The van der Waals surface area contributed by atoms with Crippen molar-refractivity contribution in [3.8, 4) is 5.75 Å². The fourth-order valence-electron chi connectivity index (χ4n) is 1.38. The van der Waals surface area contributed by atoms with E-state index in [9.17, 15) is 0 Å². The first-order chi connectivity index (χ1) is 7.13. The second-order valence-electron chi connectivity index (χ2n) is 4.18. The third-order valence-corrected chi connectivity index (χ3v) is 2.63. The second-order valence-corrected chi connectivity index (χ2v) is 4.18. The molecule has 1 unspecified atom stereocenters. The summed E-state index contributed by atoms with van der Waals surface area (Å²) < 4.78 is 5.12. The maximum absolute atomic E-state index is 5.98. The van der Waals surface area contributed by atoms with Crippen LogP contribution in [0.15, 0.2) is 18.5 Å². The van der Waals surface area contributed by atoms with Crippen LogP contribution in [0.1, 0.15) is 25.8 Å². The molecule has 0 amide bonds. The maximum atomic E-state index is 5.98. The standard InChI is InChI=1S/C12H20N2O/c1-9(2)12(13)5-4-10-6-11(15-3)8-14-7-10/h6-9,12H,4-5,13H2,1-3H3. The number of aryl methyl sites for hydroxylation is 1.